The molecule has 2 fully saturated rings. The van der Waals surface area contributed by atoms with E-state index in [2.05, 4.69) is 38.7 Å². The third kappa shape index (κ3) is 3.79. The summed E-state index contributed by atoms with van der Waals surface area (Å²) >= 11 is 3.49. The number of halogens is 2. The summed E-state index contributed by atoms with van der Waals surface area (Å²) in [4.78, 5) is 12.5. The Labute approximate surface area is 140 Å². The van der Waals surface area contributed by atoms with Crippen LogP contribution in [0.25, 0.3) is 0 Å². The van der Waals surface area contributed by atoms with Crippen molar-refractivity contribution in [3.8, 4) is 0 Å². The van der Waals surface area contributed by atoms with Crippen LogP contribution in [0.15, 0.2) is 28.7 Å². The first-order valence-electron chi connectivity index (χ1n) is 7.46. The molecule has 1 aliphatic carbocycles. The third-order valence-electron chi connectivity index (χ3n) is 4.56. The van der Waals surface area contributed by atoms with E-state index in [1.807, 2.05) is 12.1 Å². The van der Waals surface area contributed by atoms with Crippen molar-refractivity contribution >= 4 is 34.2 Å². The molecule has 1 aliphatic heterocycles. The van der Waals surface area contributed by atoms with Gasteiger partial charge in [0.25, 0.3) is 0 Å². The van der Waals surface area contributed by atoms with E-state index in [4.69, 9.17) is 0 Å². The van der Waals surface area contributed by atoms with Crippen molar-refractivity contribution in [3.63, 3.8) is 0 Å². The van der Waals surface area contributed by atoms with Gasteiger partial charge in [0.05, 0.1) is 5.41 Å². The van der Waals surface area contributed by atoms with Gasteiger partial charge in [-0.1, -0.05) is 28.1 Å². The van der Waals surface area contributed by atoms with Gasteiger partial charge in [0, 0.05) is 11.0 Å². The Morgan fingerprint density at radius 1 is 1.43 bits per heavy atom. The maximum Gasteiger partial charge on any atom is 0.230 e. The standard InChI is InChI=1S/C16H21BrN2O.ClH/c17-14-3-1-2-13(10-14)16(6-7-16)15(20)19-9-5-12-4-8-18-11-12;/h1-3,10,12,18H,4-9,11H2,(H,19,20);1H. The minimum atomic E-state index is -0.252. The fourth-order valence-electron chi connectivity index (χ4n) is 3.08. The van der Waals surface area contributed by atoms with Gasteiger partial charge in [-0.05, 0) is 62.4 Å². The van der Waals surface area contributed by atoms with Gasteiger partial charge in [0.1, 0.15) is 0 Å². The number of hydrogen-bond acceptors (Lipinski definition) is 2. The molecule has 3 rings (SSSR count). The number of rotatable bonds is 5. The number of carbonyl (C=O) groups is 1. The highest BCUT2D eigenvalue weighted by Gasteiger charge is 2.51. The number of nitrogens with one attached hydrogen (secondary N) is 2. The van der Waals surface area contributed by atoms with Gasteiger partial charge in [-0.15, -0.1) is 12.4 Å². The van der Waals surface area contributed by atoms with Crippen LogP contribution in [0.4, 0.5) is 0 Å². The van der Waals surface area contributed by atoms with E-state index in [1.54, 1.807) is 0 Å². The minimum Gasteiger partial charge on any atom is -0.355 e. The molecule has 1 heterocycles. The smallest absolute Gasteiger partial charge is 0.230 e. The van der Waals surface area contributed by atoms with Crippen molar-refractivity contribution in [3.05, 3.63) is 34.3 Å². The van der Waals surface area contributed by atoms with Crippen LogP contribution < -0.4 is 10.6 Å². The molecule has 0 spiro atoms. The van der Waals surface area contributed by atoms with Gasteiger partial charge in [0.15, 0.2) is 0 Å². The lowest BCUT2D eigenvalue weighted by Gasteiger charge is -2.17. The summed E-state index contributed by atoms with van der Waals surface area (Å²) in [5, 5.41) is 6.52. The maximum absolute atomic E-state index is 12.5. The van der Waals surface area contributed by atoms with Crippen LogP contribution in [-0.4, -0.2) is 25.5 Å². The van der Waals surface area contributed by atoms with Gasteiger partial charge in [-0.25, -0.2) is 0 Å². The van der Waals surface area contributed by atoms with Crippen molar-refractivity contribution in [2.45, 2.75) is 31.1 Å². The van der Waals surface area contributed by atoms with Gasteiger partial charge >= 0.3 is 0 Å². The fourth-order valence-corrected chi connectivity index (χ4v) is 3.48. The van der Waals surface area contributed by atoms with E-state index in [0.717, 1.165) is 54.9 Å². The molecule has 1 aromatic rings. The second-order valence-electron chi connectivity index (χ2n) is 6.00. The monoisotopic (exact) mass is 372 g/mol. The SMILES string of the molecule is Cl.O=C(NCCC1CCNC1)C1(c2cccc(Br)c2)CC1. The maximum atomic E-state index is 12.5. The predicted molar refractivity (Wildman–Crippen MR) is 90.9 cm³/mol. The average molecular weight is 374 g/mol. The van der Waals surface area contributed by atoms with Crippen molar-refractivity contribution in [2.24, 2.45) is 5.92 Å². The van der Waals surface area contributed by atoms with Crippen molar-refractivity contribution in [1.82, 2.24) is 10.6 Å². The van der Waals surface area contributed by atoms with Crippen LogP contribution in [0.5, 0.6) is 0 Å². The Balaban J connectivity index is 0.00000161. The Kier molecular flexibility index (Phi) is 5.69. The lowest BCUT2D eigenvalue weighted by Crippen LogP contribution is -2.36. The third-order valence-corrected chi connectivity index (χ3v) is 5.06. The Morgan fingerprint density at radius 3 is 2.86 bits per heavy atom. The summed E-state index contributed by atoms with van der Waals surface area (Å²) in [7, 11) is 0. The molecule has 21 heavy (non-hydrogen) atoms. The Bertz CT molecular complexity index is 499. The molecule has 1 aromatic carbocycles. The summed E-state index contributed by atoms with van der Waals surface area (Å²) in [6.07, 6.45) is 4.28. The van der Waals surface area contributed by atoms with Gasteiger partial charge < -0.3 is 10.6 Å². The van der Waals surface area contributed by atoms with Gasteiger partial charge in [-0.3, -0.25) is 4.79 Å². The topological polar surface area (TPSA) is 41.1 Å². The number of hydrogen-bond donors (Lipinski definition) is 2. The normalized spacial score (nSPS) is 22.4. The molecular weight excluding hydrogens is 352 g/mol. The second-order valence-corrected chi connectivity index (χ2v) is 6.91. The highest BCUT2D eigenvalue weighted by atomic mass is 79.9. The van der Waals surface area contributed by atoms with Gasteiger partial charge in [-0.2, -0.15) is 0 Å². The highest BCUT2D eigenvalue weighted by Crippen LogP contribution is 2.48. The quantitative estimate of drug-likeness (QED) is 0.833. The summed E-state index contributed by atoms with van der Waals surface area (Å²) in [5.74, 6) is 0.942. The van der Waals surface area contributed by atoms with Crippen LogP contribution >= 0.6 is 28.3 Å². The van der Waals surface area contributed by atoms with E-state index in [0.29, 0.717) is 0 Å². The number of amides is 1. The molecule has 2 aliphatic rings. The van der Waals surface area contributed by atoms with Crippen LogP contribution in [-0.2, 0) is 10.2 Å². The molecule has 3 nitrogen and oxygen atoms in total. The minimum absolute atomic E-state index is 0. The summed E-state index contributed by atoms with van der Waals surface area (Å²) in [6, 6.07) is 8.16. The highest BCUT2D eigenvalue weighted by molar-refractivity contribution is 9.10. The lowest BCUT2D eigenvalue weighted by molar-refractivity contribution is -0.123. The first kappa shape index (κ1) is 16.8. The average Bonchev–Trinajstić information content (AvgIpc) is 3.10. The molecule has 1 unspecified atom stereocenters. The van der Waals surface area contributed by atoms with Crippen LogP contribution in [0, 0.1) is 5.92 Å². The summed E-state index contributed by atoms with van der Waals surface area (Å²) in [6.45, 7) is 3.04. The Hall–Kier alpha value is -0.580. The molecule has 5 heteroatoms. The summed E-state index contributed by atoms with van der Waals surface area (Å²) in [5.41, 5.74) is 0.893. The first-order valence-corrected chi connectivity index (χ1v) is 8.25. The fraction of sp³-hybridized carbons (Fsp3) is 0.562. The van der Waals surface area contributed by atoms with E-state index < -0.39 is 0 Å². The molecule has 116 valence electrons. The van der Waals surface area contributed by atoms with Gasteiger partial charge in [0.2, 0.25) is 5.91 Å². The lowest BCUT2D eigenvalue weighted by atomic mass is 9.95. The van der Waals surface area contributed by atoms with Crippen molar-refractivity contribution < 1.29 is 4.79 Å². The van der Waals surface area contributed by atoms with Crippen molar-refractivity contribution in [1.29, 1.82) is 0 Å². The largest absolute Gasteiger partial charge is 0.355 e. The zero-order valence-electron chi connectivity index (χ0n) is 12.0. The van der Waals surface area contributed by atoms with Crippen LogP contribution in [0.1, 0.15) is 31.2 Å². The summed E-state index contributed by atoms with van der Waals surface area (Å²) < 4.78 is 1.05. The molecular formula is C16H22BrClN2O. The van der Waals surface area contributed by atoms with E-state index in [1.165, 1.54) is 6.42 Å². The zero-order valence-corrected chi connectivity index (χ0v) is 14.4. The first-order chi connectivity index (χ1) is 9.71. The number of benzene rings is 1. The molecule has 0 bridgehead atoms. The zero-order chi connectivity index (χ0) is 14.0. The molecule has 0 aromatic heterocycles. The molecule has 2 N–H and O–H groups in total. The van der Waals surface area contributed by atoms with Crippen LogP contribution in [0.2, 0.25) is 0 Å². The molecule has 1 amide bonds. The molecule has 1 saturated heterocycles. The Morgan fingerprint density at radius 2 is 2.24 bits per heavy atom. The van der Waals surface area contributed by atoms with E-state index in [9.17, 15) is 4.79 Å². The number of carbonyl (C=O) groups excluding carboxylic acids is 1. The van der Waals surface area contributed by atoms with Crippen molar-refractivity contribution in [2.75, 3.05) is 19.6 Å². The second kappa shape index (κ2) is 7.12. The van der Waals surface area contributed by atoms with E-state index in [-0.39, 0.29) is 23.7 Å². The molecule has 0 radical (unpaired) electrons. The molecule has 1 saturated carbocycles. The van der Waals surface area contributed by atoms with Crippen LogP contribution in [0.3, 0.4) is 0 Å². The van der Waals surface area contributed by atoms with E-state index >= 15 is 0 Å². The predicted octanol–water partition coefficient (Wildman–Crippen LogP) is 3.02. The molecule has 1 atom stereocenters.